The second-order valence-corrected chi connectivity index (χ2v) is 4.15. The molecule has 0 aliphatic heterocycles. The number of nitrogens with zero attached hydrogens (tertiary/aromatic N) is 4. The standard InChI is InChI=1S/C13H9ClN4/c14-13-6-5-12(16-17-13)10-1-3-11(4-2-10)18-8-7-15-9-18/h1-9H. The molecule has 0 saturated heterocycles. The van der Waals surface area contributed by atoms with E-state index < -0.39 is 0 Å². The first-order valence-corrected chi connectivity index (χ1v) is 5.79. The fourth-order valence-electron chi connectivity index (χ4n) is 1.69. The minimum atomic E-state index is 0.397. The van der Waals surface area contributed by atoms with E-state index in [1.165, 1.54) is 0 Å². The molecule has 3 aromatic rings. The maximum Gasteiger partial charge on any atom is 0.151 e. The van der Waals surface area contributed by atoms with E-state index in [-0.39, 0.29) is 0 Å². The van der Waals surface area contributed by atoms with Gasteiger partial charge in [-0.05, 0) is 24.3 Å². The summed E-state index contributed by atoms with van der Waals surface area (Å²) in [6, 6.07) is 11.6. The lowest BCUT2D eigenvalue weighted by molar-refractivity contribution is 1.03. The number of benzene rings is 1. The average Bonchev–Trinajstić information content (AvgIpc) is 2.94. The first-order chi connectivity index (χ1) is 8.83. The van der Waals surface area contributed by atoms with Crippen LogP contribution in [0.4, 0.5) is 0 Å². The number of hydrogen-bond acceptors (Lipinski definition) is 3. The monoisotopic (exact) mass is 256 g/mol. The normalized spacial score (nSPS) is 10.5. The molecule has 3 rings (SSSR count). The largest absolute Gasteiger partial charge is 0.306 e. The lowest BCUT2D eigenvalue weighted by Crippen LogP contribution is -1.91. The Bertz CT molecular complexity index is 630. The Morgan fingerprint density at radius 3 is 2.39 bits per heavy atom. The van der Waals surface area contributed by atoms with Gasteiger partial charge in [0.2, 0.25) is 0 Å². The average molecular weight is 257 g/mol. The van der Waals surface area contributed by atoms with Gasteiger partial charge < -0.3 is 4.57 Å². The molecule has 0 amide bonds. The van der Waals surface area contributed by atoms with Crippen molar-refractivity contribution in [1.29, 1.82) is 0 Å². The van der Waals surface area contributed by atoms with Gasteiger partial charge in [0.1, 0.15) is 0 Å². The van der Waals surface area contributed by atoms with Crippen LogP contribution in [0.2, 0.25) is 5.15 Å². The van der Waals surface area contributed by atoms with Crippen molar-refractivity contribution >= 4 is 11.6 Å². The molecule has 0 bridgehead atoms. The van der Waals surface area contributed by atoms with Crippen molar-refractivity contribution in [2.45, 2.75) is 0 Å². The minimum absolute atomic E-state index is 0.397. The van der Waals surface area contributed by atoms with Gasteiger partial charge in [0.05, 0.1) is 12.0 Å². The molecule has 1 aromatic carbocycles. The molecule has 0 N–H and O–H groups in total. The molecular weight excluding hydrogens is 248 g/mol. The van der Waals surface area contributed by atoms with Crippen LogP contribution in [0.25, 0.3) is 16.9 Å². The predicted octanol–water partition coefficient (Wildman–Crippen LogP) is 2.98. The summed E-state index contributed by atoms with van der Waals surface area (Å²) in [5.74, 6) is 0. The number of rotatable bonds is 2. The molecule has 0 unspecified atom stereocenters. The van der Waals surface area contributed by atoms with E-state index in [4.69, 9.17) is 11.6 Å². The van der Waals surface area contributed by atoms with Gasteiger partial charge in [0, 0.05) is 23.6 Å². The molecule has 0 radical (unpaired) electrons. The summed E-state index contributed by atoms with van der Waals surface area (Å²) in [4.78, 5) is 4.01. The van der Waals surface area contributed by atoms with Gasteiger partial charge in [-0.3, -0.25) is 0 Å². The predicted molar refractivity (Wildman–Crippen MR) is 69.6 cm³/mol. The third kappa shape index (κ3) is 2.10. The molecular formula is C13H9ClN4. The van der Waals surface area contributed by atoms with Crippen molar-refractivity contribution in [3.8, 4) is 16.9 Å². The maximum atomic E-state index is 5.71. The van der Waals surface area contributed by atoms with Crippen molar-refractivity contribution < 1.29 is 0 Å². The highest BCUT2D eigenvalue weighted by Crippen LogP contribution is 2.19. The van der Waals surface area contributed by atoms with Crippen LogP contribution in [0.5, 0.6) is 0 Å². The zero-order valence-electron chi connectivity index (χ0n) is 9.36. The van der Waals surface area contributed by atoms with E-state index >= 15 is 0 Å². The van der Waals surface area contributed by atoms with Crippen LogP contribution in [0, 0.1) is 0 Å². The maximum absolute atomic E-state index is 5.71. The van der Waals surface area contributed by atoms with Gasteiger partial charge in [-0.25, -0.2) is 4.98 Å². The van der Waals surface area contributed by atoms with Crippen LogP contribution >= 0.6 is 11.6 Å². The quantitative estimate of drug-likeness (QED) is 0.708. The number of imidazole rings is 1. The summed E-state index contributed by atoms with van der Waals surface area (Å²) in [6.07, 6.45) is 5.41. The lowest BCUT2D eigenvalue weighted by Gasteiger charge is -2.04. The molecule has 0 fully saturated rings. The van der Waals surface area contributed by atoms with Crippen LogP contribution in [0.1, 0.15) is 0 Å². The lowest BCUT2D eigenvalue weighted by atomic mass is 10.1. The molecule has 2 heterocycles. The molecule has 0 aliphatic carbocycles. The third-order valence-corrected chi connectivity index (χ3v) is 2.80. The molecule has 4 nitrogen and oxygen atoms in total. The number of aromatic nitrogens is 4. The highest BCUT2D eigenvalue weighted by atomic mass is 35.5. The highest BCUT2D eigenvalue weighted by Gasteiger charge is 2.01. The van der Waals surface area contributed by atoms with Crippen LogP contribution < -0.4 is 0 Å². The van der Waals surface area contributed by atoms with E-state index in [1.807, 2.05) is 41.1 Å². The van der Waals surface area contributed by atoms with E-state index in [0.717, 1.165) is 16.9 Å². The Balaban J connectivity index is 1.94. The number of hydrogen-bond donors (Lipinski definition) is 0. The summed E-state index contributed by atoms with van der Waals surface area (Å²) < 4.78 is 1.94. The summed E-state index contributed by atoms with van der Waals surface area (Å²) in [5, 5.41) is 8.26. The zero-order chi connectivity index (χ0) is 12.4. The minimum Gasteiger partial charge on any atom is -0.306 e. The Kier molecular flexibility index (Phi) is 2.78. The fraction of sp³-hybridized carbons (Fsp3) is 0. The van der Waals surface area contributed by atoms with Crippen molar-refractivity contribution in [1.82, 2.24) is 19.7 Å². The summed E-state index contributed by atoms with van der Waals surface area (Å²) in [7, 11) is 0. The molecule has 88 valence electrons. The molecule has 0 atom stereocenters. The van der Waals surface area contributed by atoms with Crippen LogP contribution in [0.15, 0.2) is 55.1 Å². The van der Waals surface area contributed by atoms with E-state index in [9.17, 15) is 0 Å². The second kappa shape index (κ2) is 4.58. The molecule has 0 spiro atoms. The van der Waals surface area contributed by atoms with Crippen LogP contribution in [-0.2, 0) is 0 Å². The first-order valence-electron chi connectivity index (χ1n) is 5.41. The Hall–Kier alpha value is -2.20. The fourth-order valence-corrected chi connectivity index (χ4v) is 1.79. The molecule has 2 aromatic heterocycles. The Labute approximate surface area is 109 Å². The molecule has 0 saturated carbocycles. The van der Waals surface area contributed by atoms with Gasteiger partial charge in [-0.2, -0.15) is 0 Å². The van der Waals surface area contributed by atoms with E-state index in [0.29, 0.717) is 5.15 Å². The summed E-state index contributed by atoms with van der Waals surface area (Å²) in [5.41, 5.74) is 2.86. The van der Waals surface area contributed by atoms with E-state index in [2.05, 4.69) is 15.2 Å². The van der Waals surface area contributed by atoms with Gasteiger partial charge in [0.25, 0.3) is 0 Å². The zero-order valence-corrected chi connectivity index (χ0v) is 10.1. The van der Waals surface area contributed by atoms with Crippen molar-refractivity contribution in [2.75, 3.05) is 0 Å². The topological polar surface area (TPSA) is 43.6 Å². The van der Waals surface area contributed by atoms with Gasteiger partial charge in [-0.1, -0.05) is 23.7 Å². The molecule has 5 heteroatoms. The second-order valence-electron chi connectivity index (χ2n) is 3.76. The number of halogens is 1. The van der Waals surface area contributed by atoms with E-state index in [1.54, 1.807) is 18.6 Å². The summed E-state index contributed by atoms with van der Waals surface area (Å²) in [6.45, 7) is 0. The SMILES string of the molecule is Clc1ccc(-c2ccc(-n3ccnc3)cc2)nn1. The van der Waals surface area contributed by atoms with Gasteiger partial charge in [0.15, 0.2) is 5.15 Å². The van der Waals surface area contributed by atoms with Crippen molar-refractivity contribution in [2.24, 2.45) is 0 Å². The van der Waals surface area contributed by atoms with Crippen LogP contribution in [0.3, 0.4) is 0 Å². The van der Waals surface area contributed by atoms with Crippen molar-refractivity contribution in [3.05, 3.63) is 60.3 Å². The van der Waals surface area contributed by atoms with Gasteiger partial charge >= 0.3 is 0 Å². The molecule has 0 aliphatic rings. The first kappa shape index (κ1) is 10.9. The van der Waals surface area contributed by atoms with Gasteiger partial charge in [-0.15, -0.1) is 10.2 Å². The summed E-state index contributed by atoms with van der Waals surface area (Å²) >= 11 is 5.71. The third-order valence-electron chi connectivity index (χ3n) is 2.60. The highest BCUT2D eigenvalue weighted by molar-refractivity contribution is 6.29. The van der Waals surface area contributed by atoms with Crippen molar-refractivity contribution in [3.63, 3.8) is 0 Å². The van der Waals surface area contributed by atoms with Crippen LogP contribution in [-0.4, -0.2) is 19.7 Å². The smallest absolute Gasteiger partial charge is 0.151 e. The Morgan fingerprint density at radius 2 is 1.78 bits per heavy atom. The Morgan fingerprint density at radius 1 is 0.944 bits per heavy atom. The molecule has 18 heavy (non-hydrogen) atoms.